The Hall–Kier alpha value is -1.54. The molecule has 0 bridgehead atoms. The highest BCUT2D eigenvalue weighted by atomic mass is 35.5. The van der Waals surface area contributed by atoms with Gasteiger partial charge in [-0.2, -0.15) is 0 Å². The Labute approximate surface area is 106 Å². The minimum atomic E-state index is 0.482. The lowest BCUT2D eigenvalue weighted by molar-refractivity contribution is 0.472. The molecular weight excluding hydrogens is 234 g/mol. The van der Waals surface area contributed by atoms with Gasteiger partial charge in [0, 0.05) is 0 Å². The van der Waals surface area contributed by atoms with Crippen molar-refractivity contribution in [1.29, 1.82) is 0 Å². The lowest BCUT2D eigenvalue weighted by Gasteiger charge is -2.11. The first-order valence-corrected chi connectivity index (χ1v) is 5.81. The van der Waals surface area contributed by atoms with E-state index in [2.05, 4.69) is 11.1 Å². The van der Waals surface area contributed by atoms with Crippen LogP contribution in [0, 0.1) is 20.8 Å². The van der Waals surface area contributed by atoms with Crippen molar-refractivity contribution in [3.05, 3.63) is 52.3 Å². The van der Waals surface area contributed by atoms with Gasteiger partial charge in [0.05, 0.1) is 6.20 Å². The van der Waals surface area contributed by atoms with Gasteiger partial charge in [-0.25, -0.2) is 4.98 Å². The van der Waals surface area contributed by atoms with E-state index in [0.717, 1.165) is 22.6 Å². The summed E-state index contributed by atoms with van der Waals surface area (Å²) in [4.78, 5) is 4.03. The number of rotatable bonds is 2. The van der Waals surface area contributed by atoms with E-state index in [1.54, 1.807) is 12.3 Å². The quantitative estimate of drug-likeness (QED) is 0.732. The van der Waals surface area contributed by atoms with Gasteiger partial charge < -0.3 is 4.74 Å². The lowest BCUT2D eigenvalue weighted by Crippen LogP contribution is -1.92. The summed E-state index contributed by atoms with van der Waals surface area (Å²) in [5.74, 6) is 1.60. The van der Waals surface area contributed by atoms with Gasteiger partial charge in [0.2, 0.25) is 0 Å². The highest BCUT2D eigenvalue weighted by molar-refractivity contribution is 6.29. The van der Waals surface area contributed by atoms with Crippen LogP contribution in [0.3, 0.4) is 0 Å². The molecule has 1 heterocycles. The zero-order valence-electron chi connectivity index (χ0n) is 10.1. The SMILES string of the molecule is Cc1ccc(C)c(Oc2cnc(Cl)cc2C)c1. The molecule has 0 fully saturated rings. The molecule has 88 valence electrons. The van der Waals surface area contributed by atoms with Crippen molar-refractivity contribution in [3.63, 3.8) is 0 Å². The molecule has 0 aliphatic rings. The standard InChI is InChI=1S/C14H14ClNO/c1-9-4-5-10(2)12(6-9)17-13-8-16-14(15)7-11(13)3/h4-8H,1-3H3. The molecule has 0 spiro atoms. The molecule has 0 aliphatic heterocycles. The molecule has 0 aliphatic carbocycles. The number of halogens is 1. The van der Waals surface area contributed by atoms with Crippen molar-refractivity contribution < 1.29 is 4.74 Å². The van der Waals surface area contributed by atoms with Gasteiger partial charge >= 0.3 is 0 Å². The van der Waals surface area contributed by atoms with Crippen LogP contribution in [-0.2, 0) is 0 Å². The van der Waals surface area contributed by atoms with Gasteiger partial charge in [-0.05, 0) is 49.6 Å². The Morgan fingerprint density at radius 2 is 1.76 bits per heavy atom. The third-order valence-corrected chi connectivity index (χ3v) is 2.80. The maximum absolute atomic E-state index is 5.85. The molecule has 1 aromatic heterocycles. The van der Waals surface area contributed by atoms with Crippen molar-refractivity contribution in [2.24, 2.45) is 0 Å². The number of pyridine rings is 1. The molecule has 0 saturated carbocycles. The fourth-order valence-corrected chi connectivity index (χ4v) is 1.76. The summed E-state index contributed by atoms with van der Waals surface area (Å²) in [6.45, 7) is 6.01. The van der Waals surface area contributed by atoms with Gasteiger partial charge in [0.25, 0.3) is 0 Å². The number of benzene rings is 1. The van der Waals surface area contributed by atoms with Gasteiger partial charge in [-0.15, -0.1) is 0 Å². The summed E-state index contributed by atoms with van der Waals surface area (Å²) in [6.07, 6.45) is 1.65. The minimum Gasteiger partial charge on any atom is -0.455 e. The predicted molar refractivity (Wildman–Crippen MR) is 70.0 cm³/mol. The molecule has 2 nitrogen and oxygen atoms in total. The first-order chi connectivity index (χ1) is 8.06. The topological polar surface area (TPSA) is 22.1 Å². The predicted octanol–water partition coefficient (Wildman–Crippen LogP) is 4.45. The monoisotopic (exact) mass is 247 g/mol. The maximum Gasteiger partial charge on any atom is 0.148 e. The fourth-order valence-electron chi connectivity index (χ4n) is 1.55. The first kappa shape index (κ1) is 11.9. The van der Waals surface area contributed by atoms with Crippen molar-refractivity contribution >= 4 is 11.6 Å². The van der Waals surface area contributed by atoms with E-state index < -0.39 is 0 Å². The van der Waals surface area contributed by atoms with Crippen LogP contribution in [0.2, 0.25) is 5.15 Å². The molecule has 3 heteroatoms. The largest absolute Gasteiger partial charge is 0.455 e. The van der Waals surface area contributed by atoms with E-state index in [-0.39, 0.29) is 0 Å². The van der Waals surface area contributed by atoms with E-state index in [9.17, 15) is 0 Å². The summed E-state index contributed by atoms with van der Waals surface area (Å²) in [6, 6.07) is 7.92. The highest BCUT2D eigenvalue weighted by Crippen LogP contribution is 2.28. The summed E-state index contributed by atoms with van der Waals surface area (Å²) in [5, 5.41) is 0.482. The highest BCUT2D eigenvalue weighted by Gasteiger charge is 2.05. The molecular formula is C14H14ClNO. The number of aryl methyl sites for hydroxylation is 3. The van der Waals surface area contributed by atoms with Crippen LogP contribution in [0.4, 0.5) is 0 Å². The summed E-state index contributed by atoms with van der Waals surface area (Å²) >= 11 is 5.81. The van der Waals surface area contributed by atoms with Crippen LogP contribution in [-0.4, -0.2) is 4.98 Å². The Morgan fingerprint density at radius 3 is 2.47 bits per heavy atom. The van der Waals surface area contributed by atoms with Gasteiger partial charge in [-0.1, -0.05) is 23.7 Å². The van der Waals surface area contributed by atoms with Crippen molar-refractivity contribution in [2.45, 2.75) is 20.8 Å². The average Bonchev–Trinajstić information content (AvgIpc) is 2.27. The zero-order chi connectivity index (χ0) is 12.4. The van der Waals surface area contributed by atoms with Crippen LogP contribution in [0.25, 0.3) is 0 Å². The van der Waals surface area contributed by atoms with Crippen LogP contribution in [0.5, 0.6) is 11.5 Å². The molecule has 0 unspecified atom stereocenters. The molecule has 17 heavy (non-hydrogen) atoms. The minimum absolute atomic E-state index is 0.482. The van der Waals surface area contributed by atoms with E-state index >= 15 is 0 Å². The van der Waals surface area contributed by atoms with Gasteiger partial charge in [0.1, 0.15) is 16.7 Å². The summed E-state index contributed by atoms with van der Waals surface area (Å²) in [7, 11) is 0. The van der Waals surface area contributed by atoms with E-state index in [0.29, 0.717) is 5.15 Å². The van der Waals surface area contributed by atoms with Crippen LogP contribution in [0.15, 0.2) is 30.5 Å². The van der Waals surface area contributed by atoms with Gasteiger partial charge in [-0.3, -0.25) is 0 Å². The molecule has 0 N–H and O–H groups in total. The van der Waals surface area contributed by atoms with E-state index in [4.69, 9.17) is 16.3 Å². The summed E-state index contributed by atoms with van der Waals surface area (Å²) < 4.78 is 5.85. The van der Waals surface area contributed by atoms with E-state index in [1.165, 1.54) is 5.56 Å². The molecule has 2 rings (SSSR count). The van der Waals surface area contributed by atoms with Crippen LogP contribution < -0.4 is 4.74 Å². The Balaban J connectivity index is 2.34. The third kappa shape index (κ3) is 2.77. The zero-order valence-corrected chi connectivity index (χ0v) is 10.9. The molecule has 0 amide bonds. The third-order valence-electron chi connectivity index (χ3n) is 2.59. The molecule has 1 aromatic carbocycles. The first-order valence-electron chi connectivity index (χ1n) is 5.43. The lowest BCUT2D eigenvalue weighted by atomic mass is 10.1. The molecule has 0 atom stereocenters. The second-order valence-corrected chi connectivity index (χ2v) is 4.53. The molecule has 0 radical (unpaired) electrons. The van der Waals surface area contributed by atoms with Crippen molar-refractivity contribution in [3.8, 4) is 11.5 Å². The maximum atomic E-state index is 5.85. The average molecular weight is 248 g/mol. The molecule has 0 saturated heterocycles. The number of hydrogen-bond donors (Lipinski definition) is 0. The second kappa shape index (κ2) is 4.76. The number of hydrogen-bond acceptors (Lipinski definition) is 2. The Bertz CT molecular complexity index is 552. The van der Waals surface area contributed by atoms with E-state index in [1.807, 2.05) is 32.9 Å². The summed E-state index contributed by atoms with van der Waals surface area (Å²) in [5.41, 5.74) is 3.25. The Morgan fingerprint density at radius 1 is 1.00 bits per heavy atom. The molecule has 2 aromatic rings. The van der Waals surface area contributed by atoms with Crippen molar-refractivity contribution in [1.82, 2.24) is 4.98 Å². The fraction of sp³-hybridized carbons (Fsp3) is 0.214. The van der Waals surface area contributed by atoms with Crippen molar-refractivity contribution in [2.75, 3.05) is 0 Å². The van der Waals surface area contributed by atoms with Crippen LogP contribution >= 0.6 is 11.6 Å². The van der Waals surface area contributed by atoms with Gasteiger partial charge in [0.15, 0.2) is 0 Å². The Kier molecular flexibility index (Phi) is 3.34. The normalized spacial score (nSPS) is 10.4. The van der Waals surface area contributed by atoms with Crippen LogP contribution in [0.1, 0.15) is 16.7 Å². The second-order valence-electron chi connectivity index (χ2n) is 4.14. The number of aromatic nitrogens is 1. The number of ether oxygens (including phenoxy) is 1. The smallest absolute Gasteiger partial charge is 0.148 e. The number of nitrogens with zero attached hydrogens (tertiary/aromatic N) is 1.